The maximum Gasteiger partial charge on any atom is 0.249 e. The average molecular weight is 338 g/mol. The summed E-state index contributed by atoms with van der Waals surface area (Å²) < 4.78 is 5.33. The Bertz CT molecular complexity index is 825. The summed E-state index contributed by atoms with van der Waals surface area (Å²) in [5.41, 5.74) is 8.86. The second-order valence-corrected chi connectivity index (χ2v) is 5.81. The Morgan fingerprint density at radius 1 is 1.16 bits per heavy atom. The predicted octanol–water partition coefficient (Wildman–Crippen LogP) is 3.23. The molecule has 0 saturated heterocycles. The first-order valence-electron chi connectivity index (χ1n) is 7.92. The SMILES string of the molecule is COc1ccccc1CC(C)=CC(=O)Nc1cccc(C(N)=O)c1C. The number of carbonyl (C=O) groups is 2. The van der Waals surface area contributed by atoms with Gasteiger partial charge in [-0.05, 0) is 49.6 Å². The normalized spacial score (nSPS) is 11.1. The van der Waals surface area contributed by atoms with E-state index < -0.39 is 5.91 Å². The molecule has 5 heteroatoms. The first-order valence-corrected chi connectivity index (χ1v) is 7.92. The van der Waals surface area contributed by atoms with Crippen LogP contribution in [0.5, 0.6) is 5.75 Å². The Morgan fingerprint density at radius 2 is 1.88 bits per heavy atom. The molecule has 0 atom stereocenters. The van der Waals surface area contributed by atoms with E-state index in [0.717, 1.165) is 16.9 Å². The molecule has 0 heterocycles. The van der Waals surface area contributed by atoms with Gasteiger partial charge in [-0.2, -0.15) is 0 Å². The summed E-state index contributed by atoms with van der Waals surface area (Å²) in [5, 5.41) is 2.80. The number of methoxy groups -OCH3 is 1. The van der Waals surface area contributed by atoms with Gasteiger partial charge in [-0.1, -0.05) is 29.8 Å². The zero-order valence-electron chi connectivity index (χ0n) is 14.6. The Balaban J connectivity index is 2.12. The van der Waals surface area contributed by atoms with Crippen molar-refractivity contribution in [2.45, 2.75) is 20.3 Å². The monoisotopic (exact) mass is 338 g/mol. The molecule has 0 saturated carbocycles. The summed E-state index contributed by atoms with van der Waals surface area (Å²) >= 11 is 0. The van der Waals surface area contributed by atoms with E-state index >= 15 is 0 Å². The third kappa shape index (κ3) is 4.70. The summed E-state index contributed by atoms with van der Waals surface area (Å²) in [6.07, 6.45) is 2.15. The number of para-hydroxylation sites is 1. The van der Waals surface area contributed by atoms with E-state index in [4.69, 9.17) is 10.5 Å². The number of nitrogens with one attached hydrogen (secondary N) is 1. The molecular formula is C20H22N2O3. The number of hydrogen-bond donors (Lipinski definition) is 2. The highest BCUT2D eigenvalue weighted by Gasteiger charge is 2.10. The minimum absolute atomic E-state index is 0.253. The van der Waals surface area contributed by atoms with Gasteiger partial charge in [0.15, 0.2) is 0 Å². The lowest BCUT2D eigenvalue weighted by Gasteiger charge is -2.11. The van der Waals surface area contributed by atoms with Crippen LogP contribution in [0.4, 0.5) is 5.69 Å². The topological polar surface area (TPSA) is 81.4 Å². The highest BCUT2D eigenvalue weighted by molar-refractivity contribution is 6.02. The van der Waals surface area contributed by atoms with Gasteiger partial charge < -0.3 is 15.8 Å². The molecule has 0 bridgehead atoms. The van der Waals surface area contributed by atoms with Gasteiger partial charge in [-0.25, -0.2) is 0 Å². The number of amides is 2. The largest absolute Gasteiger partial charge is 0.496 e. The van der Waals surface area contributed by atoms with E-state index in [9.17, 15) is 9.59 Å². The van der Waals surface area contributed by atoms with Gasteiger partial charge in [0.1, 0.15) is 5.75 Å². The van der Waals surface area contributed by atoms with E-state index in [0.29, 0.717) is 23.2 Å². The number of primary amides is 1. The second kappa shape index (κ2) is 8.15. The molecule has 2 aromatic carbocycles. The second-order valence-electron chi connectivity index (χ2n) is 5.81. The first-order chi connectivity index (χ1) is 11.9. The van der Waals surface area contributed by atoms with Crippen molar-refractivity contribution in [3.8, 4) is 5.75 Å². The third-order valence-electron chi connectivity index (χ3n) is 3.90. The molecule has 0 spiro atoms. The smallest absolute Gasteiger partial charge is 0.249 e. The molecule has 0 aliphatic rings. The van der Waals surface area contributed by atoms with Crippen molar-refractivity contribution in [2.24, 2.45) is 5.73 Å². The Morgan fingerprint density at radius 3 is 2.56 bits per heavy atom. The van der Waals surface area contributed by atoms with Crippen molar-refractivity contribution in [1.29, 1.82) is 0 Å². The van der Waals surface area contributed by atoms with Crippen LogP contribution in [0.25, 0.3) is 0 Å². The van der Waals surface area contributed by atoms with Crippen LogP contribution >= 0.6 is 0 Å². The van der Waals surface area contributed by atoms with Crippen LogP contribution in [-0.4, -0.2) is 18.9 Å². The summed E-state index contributed by atoms with van der Waals surface area (Å²) in [4.78, 5) is 23.7. The highest BCUT2D eigenvalue weighted by Crippen LogP contribution is 2.21. The van der Waals surface area contributed by atoms with E-state index in [-0.39, 0.29) is 5.91 Å². The quantitative estimate of drug-likeness (QED) is 0.794. The molecule has 2 rings (SSSR count). The van der Waals surface area contributed by atoms with E-state index in [2.05, 4.69) is 5.32 Å². The van der Waals surface area contributed by atoms with E-state index in [1.807, 2.05) is 31.2 Å². The summed E-state index contributed by atoms with van der Waals surface area (Å²) in [6, 6.07) is 12.8. The molecule has 130 valence electrons. The maximum absolute atomic E-state index is 12.3. The molecule has 0 fully saturated rings. The molecule has 3 N–H and O–H groups in total. The van der Waals surface area contributed by atoms with Crippen LogP contribution in [0, 0.1) is 6.92 Å². The summed E-state index contributed by atoms with van der Waals surface area (Å²) in [6.45, 7) is 3.64. The summed E-state index contributed by atoms with van der Waals surface area (Å²) in [7, 11) is 1.62. The number of anilines is 1. The maximum atomic E-state index is 12.3. The molecule has 0 aliphatic heterocycles. The molecule has 25 heavy (non-hydrogen) atoms. The fourth-order valence-electron chi connectivity index (χ4n) is 2.63. The van der Waals surface area contributed by atoms with Crippen LogP contribution in [0.15, 0.2) is 54.1 Å². The van der Waals surface area contributed by atoms with Gasteiger partial charge in [-0.3, -0.25) is 9.59 Å². The lowest BCUT2D eigenvalue weighted by molar-refractivity contribution is -0.112. The lowest BCUT2D eigenvalue weighted by atomic mass is 10.0. The van der Waals surface area contributed by atoms with Gasteiger partial charge in [0.2, 0.25) is 11.8 Å². The number of nitrogens with two attached hydrogens (primary N) is 1. The number of carbonyl (C=O) groups excluding carboxylic acids is 2. The van der Waals surface area contributed by atoms with E-state index in [1.165, 1.54) is 0 Å². The molecule has 2 aromatic rings. The number of benzene rings is 2. The molecule has 0 aliphatic carbocycles. The van der Waals surface area contributed by atoms with E-state index in [1.54, 1.807) is 38.3 Å². The standard InChI is InChI=1S/C20H22N2O3/c1-13(11-15-7-4-5-10-18(15)25-3)12-19(23)22-17-9-6-8-16(14(17)2)20(21)24/h4-10,12H,11H2,1-3H3,(H2,21,24)(H,22,23). The summed E-state index contributed by atoms with van der Waals surface area (Å²) in [5.74, 6) is 0.0225. The number of allylic oxidation sites excluding steroid dienone is 1. The van der Waals surface area contributed by atoms with Gasteiger partial charge >= 0.3 is 0 Å². The van der Waals surface area contributed by atoms with Crippen molar-refractivity contribution < 1.29 is 14.3 Å². The minimum atomic E-state index is -0.517. The van der Waals surface area contributed by atoms with Crippen molar-refractivity contribution >= 4 is 17.5 Å². The molecule has 5 nitrogen and oxygen atoms in total. The molecule has 0 radical (unpaired) electrons. The van der Waals surface area contributed by atoms with Crippen LogP contribution in [0.3, 0.4) is 0 Å². The van der Waals surface area contributed by atoms with Gasteiger partial charge in [0, 0.05) is 17.3 Å². The first kappa shape index (κ1) is 18.3. The van der Waals surface area contributed by atoms with Crippen LogP contribution < -0.4 is 15.8 Å². The predicted molar refractivity (Wildman–Crippen MR) is 98.8 cm³/mol. The van der Waals surface area contributed by atoms with Crippen molar-refractivity contribution in [1.82, 2.24) is 0 Å². The Kier molecular flexibility index (Phi) is 5.95. The average Bonchev–Trinajstić information content (AvgIpc) is 2.56. The Hall–Kier alpha value is -3.08. The van der Waals surface area contributed by atoms with Crippen LogP contribution in [0.2, 0.25) is 0 Å². The number of rotatable bonds is 6. The molecule has 0 unspecified atom stereocenters. The van der Waals surface area contributed by atoms with Crippen molar-refractivity contribution in [3.63, 3.8) is 0 Å². The highest BCUT2D eigenvalue weighted by atomic mass is 16.5. The fraction of sp³-hybridized carbons (Fsp3) is 0.200. The minimum Gasteiger partial charge on any atom is -0.496 e. The third-order valence-corrected chi connectivity index (χ3v) is 3.90. The zero-order valence-corrected chi connectivity index (χ0v) is 14.6. The number of hydrogen-bond acceptors (Lipinski definition) is 3. The zero-order chi connectivity index (χ0) is 18.4. The molecule has 0 aromatic heterocycles. The lowest BCUT2D eigenvalue weighted by Crippen LogP contribution is -2.15. The number of ether oxygens (including phenoxy) is 1. The fourth-order valence-corrected chi connectivity index (χ4v) is 2.63. The molecule has 2 amide bonds. The van der Waals surface area contributed by atoms with Gasteiger partial charge in [0.25, 0.3) is 0 Å². The van der Waals surface area contributed by atoms with Crippen LogP contribution in [-0.2, 0) is 11.2 Å². The van der Waals surface area contributed by atoms with Crippen molar-refractivity contribution in [2.75, 3.05) is 12.4 Å². The van der Waals surface area contributed by atoms with Gasteiger partial charge in [0.05, 0.1) is 7.11 Å². The Labute approximate surface area is 147 Å². The van der Waals surface area contributed by atoms with Gasteiger partial charge in [-0.15, -0.1) is 0 Å². The van der Waals surface area contributed by atoms with Crippen molar-refractivity contribution in [3.05, 3.63) is 70.8 Å². The van der Waals surface area contributed by atoms with Crippen LogP contribution in [0.1, 0.15) is 28.4 Å². The molecular weight excluding hydrogens is 316 g/mol.